The van der Waals surface area contributed by atoms with Gasteiger partial charge in [-0.2, -0.15) is 0 Å². The maximum absolute atomic E-state index is 12.4. The van der Waals surface area contributed by atoms with Crippen molar-refractivity contribution in [1.29, 1.82) is 0 Å². The fourth-order valence-electron chi connectivity index (χ4n) is 2.52. The number of carbonyl (C=O) groups excluding carboxylic acids is 2. The number of esters is 1. The van der Waals surface area contributed by atoms with Crippen LogP contribution in [0.25, 0.3) is 0 Å². The Morgan fingerprint density at radius 3 is 2.38 bits per heavy atom. The third kappa shape index (κ3) is 4.00. The summed E-state index contributed by atoms with van der Waals surface area (Å²) in [5.41, 5.74) is -0.569. The molecule has 0 aromatic rings. The van der Waals surface area contributed by atoms with Gasteiger partial charge >= 0.3 is 12.1 Å². The Morgan fingerprint density at radius 2 is 1.86 bits per heavy atom. The molecule has 0 unspecified atom stereocenters. The summed E-state index contributed by atoms with van der Waals surface area (Å²) in [5.74, 6) is 1.79. The van der Waals surface area contributed by atoms with Crippen molar-refractivity contribution in [2.45, 2.75) is 49.3 Å². The van der Waals surface area contributed by atoms with Crippen molar-refractivity contribution in [3.8, 4) is 0 Å². The number of methoxy groups -OCH3 is 1. The first-order valence-electron chi connectivity index (χ1n) is 7.12. The van der Waals surface area contributed by atoms with E-state index in [4.69, 9.17) is 9.47 Å². The van der Waals surface area contributed by atoms with Crippen LogP contribution in [0.4, 0.5) is 4.79 Å². The van der Waals surface area contributed by atoms with Crippen LogP contribution in [0.1, 0.15) is 33.6 Å². The smallest absolute Gasteiger partial charge is 0.411 e. The summed E-state index contributed by atoms with van der Waals surface area (Å²) in [5, 5.41) is 0. The molecule has 2 heterocycles. The first-order chi connectivity index (χ1) is 9.76. The highest BCUT2D eigenvalue weighted by Gasteiger charge is 2.51. The molecule has 2 saturated heterocycles. The Labute approximate surface area is 134 Å². The zero-order valence-corrected chi connectivity index (χ0v) is 14.6. The molecule has 2 aliphatic rings. The van der Waals surface area contributed by atoms with Crippen LogP contribution in [0.2, 0.25) is 0 Å². The van der Waals surface area contributed by atoms with Crippen LogP contribution >= 0.6 is 23.5 Å². The van der Waals surface area contributed by atoms with E-state index in [9.17, 15) is 9.59 Å². The summed E-state index contributed by atoms with van der Waals surface area (Å²) in [6.45, 7) is 6.02. The molecule has 1 amide bonds. The molecular weight excluding hydrogens is 310 g/mol. The number of amides is 1. The fourth-order valence-corrected chi connectivity index (χ4v) is 5.87. The average Bonchev–Trinajstić information content (AvgIpc) is 2.76. The second-order valence-electron chi connectivity index (χ2n) is 6.31. The van der Waals surface area contributed by atoms with E-state index < -0.39 is 17.7 Å². The quantitative estimate of drug-likeness (QED) is 0.688. The first-order valence-corrected chi connectivity index (χ1v) is 9.09. The number of hydrogen-bond donors (Lipinski definition) is 0. The predicted octanol–water partition coefficient (Wildman–Crippen LogP) is 2.74. The lowest BCUT2D eigenvalue weighted by Crippen LogP contribution is -2.44. The molecule has 1 atom stereocenters. The number of hydrogen-bond acceptors (Lipinski definition) is 6. The van der Waals surface area contributed by atoms with Crippen LogP contribution in [0.3, 0.4) is 0 Å². The maximum Gasteiger partial charge on any atom is 0.411 e. The number of carbonyl (C=O) groups is 2. The molecule has 0 radical (unpaired) electrons. The summed E-state index contributed by atoms with van der Waals surface area (Å²) in [4.78, 5) is 26.0. The van der Waals surface area contributed by atoms with E-state index in [1.165, 1.54) is 13.5 Å². The molecule has 5 nitrogen and oxygen atoms in total. The van der Waals surface area contributed by atoms with Gasteiger partial charge in [0.2, 0.25) is 0 Å². The van der Waals surface area contributed by atoms with E-state index >= 15 is 0 Å². The van der Waals surface area contributed by atoms with Crippen LogP contribution in [0.5, 0.6) is 0 Å². The Hall–Kier alpha value is -0.560. The third-order valence-corrected chi connectivity index (χ3v) is 6.75. The lowest BCUT2D eigenvalue weighted by Gasteiger charge is -2.32. The zero-order chi connectivity index (χ0) is 15.7. The minimum atomic E-state index is -0.569. The predicted molar refractivity (Wildman–Crippen MR) is 85.6 cm³/mol. The second-order valence-corrected chi connectivity index (χ2v) is 9.53. The van der Waals surface area contributed by atoms with Crippen molar-refractivity contribution >= 4 is 35.6 Å². The van der Waals surface area contributed by atoms with E-state index in [1.807, 2.05) is 44.3 Å². The molecular formula is C14H23NO4S2. The molecule has 0 aromatic heterocycles. The van der Waals surface area contributed by atoms with Gasteiger partial charge in [-0.1, -0.05) is 0 Å². The Balaban J connectivity index is 2.16. The highest BCUT2D eigenvalue weighted by atomic mass is 32.2. The first kappa shape index (κ1) is 16.8. The number of ether oxygens (including phenoxy) is 2. The van der Waals surface area contributed by atoms with E-state index in [1.54, 1.807) is 4.90 Å². The van der Waals surface area contributed by atoms with Crippen molar-refractivity contribution in [3.63, 3.8) is 0 Å². The standard InChI is InChI=1S/C14H23NO4S2/c1-13(2,3)19-12(17)15-9-14(20-6-5-7-21-14)8-10(15)11(16)18-4/h10H,5-9H2,1-4H3/t10-/m0/s1. The summed E-state index contributed by atoms with van der Waals surface area (Å²) in [6, 6.07) is -0.539. The van der Waals surface area contributed by atoms with Crippen LogP contribution in [-0.4, -0.2) is 57.8 Å². The lowest BCUT2D eigenvalue weighted by atomic mass is 10.2. The van der Waals surface area contributed by atoms with Gasteiger partial charge in [-0.05, 0) is 38.7 Å². The van der Waals surface area contributed by atoms with Crippen molar-refractivity contribution in [1.82, 2.24) is 4.90 Å². The van der Waals surface area contributed by atoms with E-state index in [2.05, 4.69) is 0 Å². The SMILES string of the molecule is COC(=O)[C@@H]1CC2(CN1C(=O)OC(C)(C)C)SCCCS2. The average molecular weight is 333 g/mol. The largest absolute Gasteiger partial charge is 0.467 e. The molecule has 0 aliphatic carbocycles. The van der Waals surface area contributed by atoms with Crippen LogP contribution < -0.4 is 0 Å². The van der Waals surface area contributed by atoms with Gasteiger partial charge in [-0.3, -0.25) is 4.90 Å². The Kier molecular flexibility index (Phi) is 5.03. The van der Waals surface area contributed by atoms with Gasteiger partial charge in [0.05, 0.1) is 11.2 Å². The molecule has 120 valence electrons. The molecule has 0 bridgehead atoms. The Morgan fingerprint density at radius 1 is 1.24 bits per heavy atom. The van der Waals surface area contributed by atoms with Gasteiger partial charge in [0.25, 0.3) is 0 Å². The van der Waals surface area contributed by atoms with Gasteiger partial charge in [-0.15, -0.1) is 23.5 Å². The van der Waals surface area contributed by atoms with Gasteiger partial charge in [0.15, 0.2) is 0 Å². The van der Waals surface area contributed by atoms with Gasteiger partial charge in [0.1, 0.15) is 11.6 Å². The van der Waals surface area contributed by atoms with Gasteiger partial charge in [0, 0.05) is 13.0 Å². The molecule has 0 aromatic carbocycles. The minimum absolute atomic E-state index is 0.0893. The number of thioether (sulfide) groups is 2. The van der Waals surface area contributed by atoms with Gasteiger partial charge < -0.3 is 9.47 Å². The summed E-state index contributed by atoms with van der Waals surface area (Å²) >= 11 is 3.70. The molecule has 0 N–H and O–H groups in total. The minimum Gasteiger partial charge on any atom is -0.467 e. The number of nitrogens with zero attached hydrogens (tertiary/aromatic N) is 1. The van der Waals surface area contributed by atoms with Crippen molar-refractivity contribution in [2.24, 2.45) is 0 Å². The summed E-state index contributed by atoms with van der Waals surface area (Å²) < 4.78 is 10.2. The van der Waals surface area contributed by atoms with Crippen molar-refractivity contribution < 1.29 is 19.1 Å². The molecule has 0 saturated carbocycles. The summed E-state index contributed by atoms with van der Waals surface area (Å²) in [7, 11) is 1.36. The highest BCUT2D eigenvalue weighted by Crippen LogP contribution is 2.50. The zero-order valence-electron chi connectivity index (χ0n) is 13.0. The third-order valence-electron chi connectivity index (χ3n) is 3.41. The molecule has 2 fully saturated rings. The highest BCUT2D eigenvalue weighted by molar-refractivity contribution is 8.18. The van der Waals surface area contributed by atoms with Crippen molar-refractivity contribution in [2.75, 3.05) is 25.2 Å². The van der Waals surface area contributed by atoms with Crippen LogP contribution in [0.15, 0.2) is 0 Å². The summed E-state index contributed by atoms with van der Waals surface area (Å²) in [6.07, 6.45) is 1.38. The molecule has 2 rings (SSSR count). The number of likely N-dealkylation sites (tertiary alicyclic amines) is 1. The number of rotatable bonds is 1. The van der Waals surface area contributed by atoms with Crippen molar-refractivity contribution in [3.05, 3.63) is 0 Å². The second kappa shape index (κ2) is 6.28. The molecule has 2 aliphatic heterocycles. The van der Waals surface area contributed by atoms with E-state index in [0.717, 1.165) is 11.5 Å². The molecule has 21 heavy (non-hydrogen) atoms. The van der Waals surface area contributed by atoms with Crippen LogP contribution in [0, 0.1) is 0 Å². The van der Waals surface area contributed by atoms with E-state index in [0.29, 0.717) is 13.0 Å². The maximum atomic E-state index is 12.4. The lowest BCUT2D eigenvalue weighted by molar-refractivity contribution is -0.145. The monoisotopic (exact) mass is 333 g/mol. The Bertz CT molecular complexity index is 416. The normalized spacial score (nSPS) is 25.0. The van der Waals surface area contributed by atoms with Crippen LogP contribution in [-0.2, 0) is 14.3 Å². The van der Waals surface area contributed by atoms with E-state index in [-0.39, 0.29) is 10.0 Å². The van der Waals surface area contributed by atoms with Gasteiger partial charge in [-0.25, -0.2) is 9.59 Å². The fraction of sp³-hybridized carbons (Fsp3) is 0.857. The molecule has 1 spiro atoms. The molecule has 7 heteroatoms. The topological polar surface area (TPSA) is 55.8 Å².